The van der Waals surface area contributed by atoms with Crippen LogP contribution in [-0.4, -0.2) is 16.2 Å². The zero-order valence-corrected chi connectivity index (χ0v) is 8.25. The topological polar surface area (TPSA) is 33.1 Å². The summed E-state index contributed by atoms with van der Waals surface area (Å²) in [7, 11) is 0. The zero-order chi connectivity index (χ0) is 11.5. The number of rotatable bonds is 3. The zero-order valence-electron chi connectivity index (χ0n) is 8.25. The predicted molar refractivity (Wildman–Crippen MR) is 49.2 cm³/mol. The number of halogens is 3. The van der Waals surface area contributed by atoms with Gasteiger partial charge in [0.2, 0.25) is 0 Å². The third kappa shape index (κ3) is 3.87. The molecule has 1 unspecified atom stereocenters. The Hall–Kier alpha value is -1.10. The Bertz CT molecular complexity index is 323. The van der Waals surface area contributed by atoms with Gasteiger partial charge in [-0.15, -0.1) is 0 Å². The maximum absolute atomic E-state index is 12.3. The highest BCUT2D eigenvalue weighted by atomic mass is 19.4. The van der Waals surface area contributed by atoms with Crippen molar-refractivity contribution in [2.45, 2.75) is 32.0 Å². The van der Waals surface area contributed by atoms with Gasteiger partial charge in [0, 0.05) is 5.69 Å². The minimum absolute atomic E-state index is 0.349. The van der Waals surface area contributed by atoms with Crippen LogP contribution in [-0.2, 0) is 12.6 Å². The molecule has 1 aromatic rings. The summed E-state index contributed by atoms with van der Waals surface area (Å²) in [5, 5.41) is 8.99. The van der Waals surface area contributed by atoms with Crippen LogP contribution < -0.4 is 0 Å². The molecule has 0 aliphatic rings. The number of hydrogen-bond donors (Lipinski definition) is 1. The van der Waals surface area contributed by atoms with E-state index in [-0.39, 0.29) is 0 Å². The molecule has 0 bridgehead atoms. The van der Waals surface area contributed by atoms with Gasteiger partial charge in [-0.05, 0) is 31.9 Å². The molecule has 1 heterocycles. The molecule has 15 heavy (non-hydrogen) atoms. The number of alkyl halides is 3. The van der Waals surface area contributed by atoms with E-state index in [4.69, 9.17) is 5.11 Å². The highest BCUT2D eigenvalue weighted by Gasteiger charge is 2.32. The Balaban J connectivity index is 2.75. The van der Waals surface area contributed by atoms with E-state index in [0.29, 0.717) is 18.5 Å². The van der Waals surface area contributed by atoms with Crippen LogP contribution in [0.3, 0.4) is 0 Å². The number of nitrogens with zero attached hydrogens (tertiary/aromatic N) is 1. The molecule has 0 aliphatic heterocycles. The minimum Gasteiger partial charge on any atom is -0.393 e. The molecule has 1 atom stereocenters. The third-order valence-corrected chi connectivity index (χ3v) is 1.92. The minimum atomic E-state index is -4.40. The van der Waals surface area contributed by atoms with Crippen molar-refractivity contribution in [1.29, 1.82) is 0 Å². The van der Waals surface area contributed by atoms with Gasteiger partial charge in [0.15, 0.2) is 0 Å². The lowest BCUT2D eigenvalue weighted by Crippen LogP contribution is -2.10. The highest BCUT2D eigenvalue weighted by Crippen LogP contribution is 2.27. The van der Waals surface area contributed by atoms with Crippen LogP contribution in [0.4, 0.5) is 13.2 Å². The average Bonchev–Trinajstić information content (AvgIpc) is 2.14. The maximum Gasteiger partial charge on any atom is 0.433 e. The number of aryl methyl sites for hydroxylation is 1. The summed E-state index contributed by atoms with van der Waals surface area (Å²) in [5.74, 6) is 0. The van der Waals surface area contributed by atoms with E-state index >= 15 is 0 Å². The number of aliphatic hydroxyl groups excluding tert-OH is 1. The Morgan fingerprint density at radius 3 is 2.60 bits per heavy atom. The molecule has 1 N–H and O–H groups in total. The third-order valence-electron chi connectivity index (χ3n) is 1.92. The van der Waals surface area contributed by atoms with E-state index in [1.165, 1.54) is 12.1 Å². The molecule has 1 rings (SSSR count). The fraction of sp³-hybridized carbons (Fsp3) is 0.500. The van der Waals surface area contributed by atoms with E-state index in [1.807, 2.05) is 0 Å². The summed E-state index contributed by atoms with van der Waals surface area (Å²) in [6.45, 7) is 1.59. The van der Waals surface area contributed by atoms with E-state index < -0.39 is 18.0 Å². The molecule has 84 valence electrons. The monoisotopic (exact) mass is 219 g/mol. The largest absolute Gasteiger partial charge is 0.433 e. The fourth-order valence-corrected chi connectivity index (χ4v) is 1.13. The van der Waals surface area contributed by atoms with Gasteiger partial charge in [-0.1, -0.05) is 6.07 Å². The first-order chi connectivity index (χ1) is 6.89. The second-order valence-corrected chi connectivity index (χ2v) is 3.40. The normalized spacial score (nSPS) is 13.9. The number of aromatic nitrogens is 1. The van der Waals surface area contributed by atoms with Crippen LogP contribution in [0.15, 0.2) is 18.2 Å². The average molecular weight is 219 g/mol. The van der Waals surface area contributed by atoms with Gasteiger partial charge >= 0.3 is 6.18 Å². The van der Waals surface area contributed by atoms with Gasteiger partial charge in [-0.25, -0.2) is 4.98 Å². The van der Waals surface area contributed by atoms with Crippen molar-refractivity contribution in [3.05, 3.63) is 29.6 Å². The van der Waals surface area contributed by atoms with Crippen molar-refractivity contribution in [2.75, 3.05) is 0 Å². The Morgan fingerprint density at radius 2 is 2.07 bits per heavy atom. The van der Waals surface area contributed by atoms with E-state index in [1.54, 1.807) is 6.92 Å². The first kappa shape index (κ1) is 12.0. The van der Waals surface area contributed by atoms with Gasteiger partial charge in [0.05, 0.1) is 6.10 Å². The molecule has 0 radical (unpaired) electrons. The van der Waals surface area contributed by atoms with Crippen molar-refractivity contribution in [3.63, 3.8) is 0 Å². The summed E-state index contributed by atoms with van der Waals surface area (Å²) in [5.41, 5.74) is -0.531. The highest BCUT2D eigenvalue weighted by molar-refractivity contribution is 5.13. The van der Waals surface area contributed by atoms with E-state index in [9.17, 15) is 13.2 Å². The second-order valence-electron chi connectivity index (χ2n) is 3.40. The van der Waals surface area contributed by atoms with Crippen LogP contribution in [0.1, 0.15) is 24.7 Å². The second kappa shape index (κ2) is 4.61. The molecule has 1 aromatic heterocycles. The van der Waals surface area contributed by atoms with Gasteiger partial charge in [0.1, 0.15) is 5.69 Å². The van der Waals surface area contributed by atoms with Crippen molar-refractivity contribution >= 4 is 0 Å². The van der Waals surface area contributed by atoms with Crippen molar-refractivity contribution in [2.24, 2.45) is 0 Å². The van der Waals surface area contributed by atoms with Crippen LogP contribution in [0.5, 0.6) is 0 Å². The smallest absolute Gasteiger partial charge is 0.393 e. The van der Waals surface area contributed by atoms with Crippen molar-refractivity contribution < 1.29 is 18.3 Å². The Morgan fingerprint density at radius 1 is 1.40 bits per heavy atom. The van der Waals surface area contributed by atoms with Crippen molar-refractivity contribution in [1.82, 2.24) is 4.98 Å². The standard InChI is InChI=1S/C10H12F3NO/c1-7(15)5-6-8-3-2-4-9(14-8)10(11,12)13/h2-4,7,15H,5-6H2,1H3. The lowest BCUT2D eigenvalue weighted by Gasteiger charge is -2.08. The summed E-state index contributed by atoms with van der Waals surface area (Å²) in [4.78, 5) is 3.48. The maximum atomic E-state index is 12.3. The quantitative estimate of drug-likeness (QED) is 0.846. The molecular formula is C10H12F3NO. The summed E-state index contributed by atoms with van der Waals surface area (Å²) in [6.07, 6.45) is -4.17. The van der Waals surface area contributed by atoms with Gasteiger partial charge < -0.3 is 5.11 Å². The van der Waals surface area contributed by atoms with Crippen LogP contribution in [0.25, 0.3) is 0 Å². The number of hydrogen-bond acceptors (Lipinski definition) is 2. The number of aliphatic hydroxyl groups is 1. The van der Waals surface area contributed by atoms with E-state index in [2.05, 4.69) is 4.98 Å². The molecule has 0 saturated heterocycles. The lowest BCUT2D eigenvalue weighted by molar-refractivity contribution is -0.141. The molecule has 0 spiro atoms. The SMILES string of the molecule is CC(O)CCc1cccc(C(F)(F)F)n1. The van der Waals surface area contributed by atoms with E-state index in [0.717, 1.165) is 6.07 Å². The summed E-state index contributed by atoms with van der Waals surface area (Å²) < 4.78 is 36.8. The summed E-state index contributed by atoms with van der Waals surface area (Å²) >= 11 is 0. The Kier molecular flexibility index (Phi) is 3.68. The van der Waals surface area contributed by atoms with Crippen LogP contribution in [0.2, 0.25) is 0 Å². The first-order valence-electron chi connectivity index (χ1n) is 4.61. The van der Waals surface area contributed by atoms with Gasteiger partial charge in [-0.2, -0.15) is 13.2 Å². The molecule has 0 amide bonds. The predicted octanol–water partition coefficient (Wildman–Crippen LogP) is 2.41. The lowest BCUT2D eigenvalue weighted by atomic mass is 10.1. The van der Waals surface area contributed by atoms with Gasteiger partial charge in [0.25, 0.3) is 0 Å². The first-order valence-corrected chi connectivity index (χ1v) is 4.61. The molecule has 0 saturated carbocycles. The molecule has 5 heteroatoms. The molecule has 0 aliphatic carbocycles. The summed E-state index contributed by atoms with van der Waals surface area (Å²) in [6, 6.07) is 3.79. The van der Waals surface area contributed by atoms with Crippen LogP contribution >= 0.6 is 0 Å². The molecule has 0 fully saturated rings. The fourth-order valence-electron chi connectivity index (χ4n) is 1.13. The molecular weight excluding hydrogens is 207 g/mol. The molecule has 0 aromatic carbocycles. The van der Waals surface area contributed by atoms with Gasteiger partial charge in [-0.3, -0.25) is 0 Å². The van der Waals surface area contributed by atoms with Crippen molar-refractivity contribution in [3.8, 4) is 0 Å². The molecule has 2 nitrogen and oxygen atoms in total. The Labute approximate surface area is 85.8 Å². The number of pyridine rings is 1. The van der Waals surface area contributed by atoms with Crippen LogP contribution in [0, 0.1) is 0 Å².